The third-order valence-corrected chi connectivity index (χ3v) is 3.56. The number of carboxylic acids is 1. The van der Waals surface area contributed by atoms with Gasteiger partial charge in [-0.25, -0.2) is 9.59 Å². The van der Waals surface area contributed by atoms with Crippen molar-refractivity contribution < 1.29 is 19.8 Å². The quantitative estimate of drug-likeness (QED) is 0.789. The fourth-order valence-corrected chi connectivity index (χ4v) is 2.37. The summed E-state index contributed by atoms with van der Waals surface area (Å²) < 4.78 is 0. The third kappa shape index (κ3) is 3.53. The van der Waals surface area contributed by atoms with E-state index in [0.29, 0.717) is 18.7 Å². The zero-order valence-corrected chi connectivity index (χ0v) is 11.7. The molecule has 1 amide bonds. The van der Waals surface area contributed by atoms with Crippen molar-refractivity contribution in [2.45, 2.75) is 19.4 Å². The molecule has 3 N–H and O–H groups in total. The number of aliphatic carboxylic acids is 1. The molecule has 6 heteroatoms. The fourth-order valence-electron chi connectivity index (χ4n) is 2.37. The van der Waals surface area contributed by atoms with Gasteiger partial charge in [-0.3, -0.25) is 0 Å². The molecule has 0 saturated heterocycles. The molecule has 1 aliphatic heterocycles. The summed E-state index contributed by atoms with van der Waals surface area (Å²) in [5, 5.41) is 21.5. The van der Waals surface area contributed by atoms with Gasteiger partial charge in [0.15, 0.2) is 0 Å². The molecule has 1 aromatic carbocycles. The van der Waals surface area contributed by atoms with Gasteiger partial charge in [-0.1, -0.05) is 30.3 Å². The number of hydrogen-bond donors (Lipinski definition) is 3. The van der Waals surface area contributed by atoms with Gasteiger partial charge >= 0.3 is 12.1 Å². The summed E-state index contributed by atoms with van der Waals surface area (Å²) in [4.78, 5) is 23.4. The summed E-state index contributed by atoms with van der Waals surface area (Å²) in [5.41, 5.74) is 1.78. The molecule has 6 nitrogen and oxygen atoms in total. The maximum Gasteiger partial charge on any atom is 0.407 e. The second kappa shape index (κ2) is 6.30. The van der Waals surface area contributed by atoms with Crippen LogP contribution < -0.4 is 5.32 Å². The van der Waals surface area contributed by atoms with Crippen LogP contribution in [0.15, 0.2) is 41.6 Å². The number of carbonyl (C=O) groups is 2. The van der Waals surface area contributed by atoms with E-state index in [4.69, 9.17) is 5.11 Å². The first-order chi connectivity index (χ1) is 9.99. The van der Waals surface area contributed by atoms with E-state index in [2.05, 4.69) is 5.32 Å². The standard InChI is InChI=1S/C15H18N2O4/c1-10(11-5-3-2-4-6-11)16-13-7-8-17(15(20)21)9-12(13)14(18)19/h2-6,10,16H,7-9H2,1H3,(H,18,19)(H,20,21)/t10-/m1/s1. The molecule has 0 fully saturated rings. The molecule has 1 heterocycles. The van der Waals surface area contributed by atoms with Crippen LogP contribution in [0.1, 0.15) is 24.9 Å². The molecule has 21 heavy (non-hydrogen) atoms. The van der Waals surface area contributed by atoms with Gasteiger partial charge in [0.2, 0.25) is 0 Å². The van der Waals surface area contributed by atoms with Crippen molar-refractivity contribution in [2.75, 3.05) is 13.1 Å². The summed E-state index contributed by atoms with van der Waals surface area (Å²) >= 11 is 0. The van der Waals surface area contributed by atoms with E-state index in [0.717, 1.165) is 10.5 Å². The van der Waals surface area contributed by atoms with Gasteiger partial charge in [-0.05, 0) is 12.5 Å². The number of rotatable bonds is 4. The molecule has 1 atom stereocenters. The Morgan fingerprint density at radius 1 is 1.24 bits per heavy atom. The molecule has 0 spiro atoms. The number of hydrogen-bond acceptors (Lipinski definition) is 3. The van der Waals surface area contributed by atoms with E-state index in [-0.39, 0.29) is 18.2 Å². The Bertz CT molecular complexity index is 568. The SMILES string of the molecule is C[C@@H](NC1=C(C(=O)O)CN(C(=O)O)CC1)c1ccccc1. The van der Waals surface area contributed by atoms with Gasteiger partial charge in [0, 0.05) is 24.7 Å². The van der Waals surface area contributed by atoms with E-state index < -0.39 is 12.1 Å². The molecule has 0 radical (unpaired) electrons. The Morgan fingerprint density at radius 2 is 1.90 bits per heavy atom. The van der Waals surface area contributed by atoms with Gasteiger partial charge in [-0.15, -0.1) is 0 Å². The number of benzene rings is 1. The lowest BCUT2D eigenvalue weighted by Gasteiger charge is -2.29. The van der Waals surface area contributed by atoms with Gasteiger partial charge in [0.05, 0.1) is 12.1 Å². The third-order valence-electron chi connectivity index (χ3n) is 3.56. The second-order valence-corrected chi connectivity index (χ2v) is 4.99. The van der Waals surface area contributed by atoms with E-state index in [1.54, 1.807) is 0 Å². The summed E-state index contributed by atoms with van der Waals surface area (Å²) in [6, 6.07) is 9.66. The summed E-state index contributed by atoms with van der Waals surface area (Å²) in [5.74, 6) is -1.08. The minimum atomic E-state index is -1.09. The summed E-state index contributed by atoms with van der Waals surface area (Å²) in [6.45, 7) is 2.16. The highest BCUT2D eigenvalue weighted by atomic mass is 16.4. The average molecular weight is 290 g/mol. The predicted octanol–water partition coefficient (Wildman–Crippen LogP) is 2.06. The van der Waals surface area contributed by atoms with Crippen molar-refractivity contribution in [3.63, 3.8) is 0 Å². The van der Waals surface area contributed by atoms with Gasteiger partial charge in [0.1, 0.15) is 0 Å². The number of nitrogens with zero attached hydrogens (tertiary/aromatic N) is 1. The monoisotopic (exact) mass is 290 g/mol. The lowest BCUT2D eigenvalue weighted by Crippen LogP contribution is -2.40. The van der Waals surface area contributed by atoms with Crippen LogP contribution >= 0.6 is 0 Å². The van der Waals surface area contributed by atoms with Crippen LogP contribution in [0, 0.1) is 0 Å². The Kier molecular flexibility index (Phi) is 4.47. The molecule has 1 aliphatic rings. The van der Waals surface area contributed by atoms with Crippen LogP contribution in [0.3, 0.4) is 0 Å². The highest BCUT2D eigenvalue weighted by Crippen LogP contribution is 2.21. The topological polar surface area (TPSA) is 89.9 Å². The molecular formula is C15H18N2O4. The van der Waals surface area contributed by atoms with Crippen LogP contribution in [0.2, 0.25) is 0 Å². The van der Waals surface area contributed by atoms with Crippen molar-refractivity contribution in [1.82, 2.24) is 10.2 Å². The minimum Gasteiger partial charge on any atom is -0.478 e. The van der Waals surface area contributed by atoms with Crippen molar-refractivity contribution >= 4 is 12.1 Å². The van der Waals surface area contributed by atoms with Crippen LogP contribution in [-0.4, -0.2) is 40.3 Å². The van der Waals surface area contributed by atoms with E-state index in [1.165, 1.54) is 0 Å². The normalized spacial score (nSPS) is 16.5. The molecular weight excluding hydrogens is 272 g/mol. The maximum absolute atomic E-state index is 11.3. The molecule has 0 unspecified atom stereocenters. The Balaban J connectivity index is 2.18. The van der Waals surface area contributed by atoms with Crippen molar-refractivity contribution in [3.05, 3.63) is 47.2 Å². The first-order valence-electron chi connectivity index (χ1n) is 6.73. The first kappa shape index (κ1) is 14.9. The number of amides is 1. The number of carboxylic acid groups (broad SMARTS) is 2. The van der Waals surface area contributed by atoms with Gasteiger partial charge in [0.25, 0.3) is 0 Å². The zero-order chi connectivity index (χ0) is 15.4. The van der Waals surface area contributed by atoms with Crippen LogP contribution in [0.25, 0.3) is 0 Å². The predicted molar refractivity (Wildman–Crippen MR) is 76.9 cm³/mol. The minimum absolute atomic E-state index is 0.0353. The molecule has 0 bridgehead atoms. The smallest absolute Gasteiger partial charge is 0.407 e. The maximum atomic E-state index is 11.3. The molecule has 0 aliphatic carbocycles. The molecule has 112 valence electrons. The zero-order valence-electron chi connectivity index (χ0n) is 11.7. The molecule has 0 saturated carbocycles. The summed E-state index contributed by atoms with van der Waals surface area (Å²) in [7, 11) is 0. The Labute approximate surface area is 122 Å². The van der Waals surface area contributed by atoms with Gasteiger partial charge in [-0.2, -0.15) is 0 Å². The van der Waals surface area contributed by atoms with Crippen molar-refractivity contribution in [2.24, 2.45) is 0 Å². The van der Waals surface area contributed by atoms with E-state index in [1.807, 2.05) is 37.3 Å². The van der Waals surface area contributed by atoms with Crippen LogP contribution in [-0.2, 0) is 4.79 Å². The van der Waals surface area contributed by atoms with Crippen LogP contribution in [0.5, 0.6) is 0 Å². The van der Waals surface area contributed by atoms with E-state index in [9.17, 15) is 14.7 Å². The van der Waals surface area contributed by atoms with Gasteiger partial charge < -0.3 is 20.4 Å². The highest BCUT2D eigenvalue weighted by Gasteiger charge is 2.27. The second-order valence-electron chi connectivity index (χ2n) is 4.99. The summed E-state index contributed by atoms with van der Waals surface area (Å²) in [6.07, 6.45) is -0.714. The lowest BCUT2D eigenvalue weighted by molar-refractivity contribution is -0.133. The lowest BCUT2D eigenvalue weighted by atomic mass is 10.0. The van der Waals surface area contributed by atoms with E-state index >= 15 is 0 Å². The van der Waals surface area contributed by atoms with Crippen molar-refractivity contribution in [1.29, 1.82) is 0 Å². The number of nitrogens with one attached hydrogen (secondary N) is 1. The Hall–Kier alpha value is -2.50. The Morgan fingerprint density at radius 3 is 2.48 bits per heavy atom. The fraction of sp³-hybridized carbons (Fsp3) is 0.333. The molecule has 2 rings (SSSR count). The largest absolute Gasteiger partial charge is 0.478 e. The molecule has 0 aromatic heterocycles. The molecule has 1 aromatic rings. The highest BCUT2D eigenvalue weighted by molar-refractivity contribution is 5.89. The van der Waals surface area contributed by atoms with Crippen LogP contribution in [0.4, 0.5) is 4.79 Å². The first-order valence-corrected chi connectivity index (χ1v) is 6.73. The van der Waals surface area contributed by atoms with Crippen molar-refractivity contribution in [3.8, 4) is 0 Å². The average Bonchev–Trinajstić information content (AvgIpc) is 2.48.